The van der Waals surface area contributed by atoms with Gasteiger partial charge in [-0.05, 0) is 46.8 Å². The fourth-order valence-corrected chi connectivity index (χ4v) is 1.52. The van der Waals surface area contributed by atoms with Crippen molar-refractivity contribution in [3.8, 4) is 0 Å². The summed E-state index contributed by atoms with van der Waals surface area (Å²) in [5.74, 6) is 0.274. The van der Waals surface area contributed by atoms with Gasteiger partial charge in [0.15, 0.2) is 0 Å². The molecule has 1 aromatic rings. The maximum absolute atomic E-state index is 9.32. The number of aliphatic hydroxyl groups excluding tert-OH is 1. The number of rotatable bonds is 3. The van der Waals surface area contributed by atoms with Crippen molar-refractivity contribution in [2.75, 3.05) is 0 Å². The van der Waals surface area contributed by atoms with Crippen LogP contribution in [-0.2, 0) is 6.42 Å². The number of hydrogen-bond acceptors (Lipinski definition) is 2. The van der Waals surface area contributed by atoms with E-state index in [4.69, 9.17) is 0 Å². The molecule has 3 heteroatoms. The summed E-state index contributed by atoms with van der Waals surface area (Å²) in [6.07, 6.45) is 4.20. The van der Waals surface area contributed by atoms with Crippen molar-refractivity contribution < 1.29 is 5.11 Å². The number of hydrogen-bond donors (Lipinski definition) is 1. The summed E-state index contributed by atoms with van der Waals surface area (Å²) in [4.78, 5) is 4.07. The fraction of sp³-hybridized carbons (Fsp3) is 0.500. The van der Waals surface area contributed by atoms with E-state index < -0.39 is 0 Å². The van der Waals surface area contributed by atoms with E-state index in [1.165, 1.54) is 0 Å². The zero-order valence-corrected chi connectivity index (χ0v) is 9.45. The molecular formula is C10H14BrNO. The highest BCUT2D eigenvalue weighted by molar-refractivity contribution is 9.10. The molecule has 0 aliphatic carbocycles. The van der Waals surface area contributed by atoms with E-state index in [0.29, 0.717) is 0 Å². The number of pyridine rings is 1. The van der Waals surface area contributed by atoms with Gasteiger partial charge in [-0.25, -0.2) is 0 Å². The van der Waals surface area contributed by atoms with Gasteiger partial charge in [-0.3, -0.25) is 4.98 Å². The van der Waals surface area contributed by atoms with Crippen molar-refractivity contribution in [1.29, 1.82) is 0 Å². The first kappa shape index (κ1) is 10.7. The molecule has 1 N–H and O–H groups in total. The standard InChI is InChI=1S/C10H14BrNO/c1-7(8(2)13)3-9-4-10(11)6-12-5-9/h4-8,13H,3H2,1-2H3. The summed E-state index contributed by atoms with van der Waals surface area (Å²) in [6.45, 7) is 3.85. The Balaban J connectivity index is 2.64. The van der Waals surface area contributed by atoms with E-state index in [-0.39, 0.29) is 12.0 Å². The topological polar surface area (TPSA) is 33.1 Å². The number of aliphatic hydroxyl groups is 1. The second-order valence-electron chi connectivity index (χ2n) is 3.43. The Labute approximate surface area is 87.1 Å². The quantitative estimate of drug-likeness (QED) is 0.885. The van der Waals surface area contributed by atoms with Gasteiger partial charge in [0.25, 0.3) is 0 Å². The van der Waals surface area contributed by atoms with Crippen molar-refractivity contribution in [3.05, 3.63) is 28.5 Å². The Morgan fingerprint density at radius 1 is 1.46 bits per heavy atom. The predicted octanol–water partition coefficient (Wildman–Crippen LogP) is 2.40. The van der Waals surface area contributed by atoms with Gasteiger partial charge in [-0.1, -0.05) is 6.92 Å². The highest BCUT2D eigenvalue weighted by Gasteiger charge is 2.09. The van der Waals surface area contributed by atoms with Crippen LogP contribution in [0.2, 0.25) is 0 Å². The number of nitrogens with zero attached hydrogens (tertiary/aromatic N) is 1. The molecule has 0 aliphatic rings. The summed E-state index contributed by atoms with van der Waals surface area (Å²) in [6, 6.07) is 2.03. The van der Waals surface area contributed by atoms with Crippen LogP contribution in [0.4, 0.5) is 0 Å². The molecule has 0 bridgehead atoms. The summed E-state index contributed by atoms with van der Waals surface area (Å²) in [5, 5.41) is 9.32. The van der Waals surface area contributed by atoms with Crippen LogP contribution in [0.15, 0.2) is 22.9 Å². The minimum atomic E-state index is -0.265. The van der Waals surface area contributed by atoms with Gasteiger partial charge in [-0.15, -0.1) is 0 Å². The molecule has 2 atom stereocenters. The van der Waals surface area contributed by atoms with Crippen molar-refractivity contribution in [1.82, 2.24) is 4.98 Å². The summed E-state index contributed by atoms with van der Waals surface area (Å²) in [7, 11) is 0. The summed E-state index contributed by atoms with van der Waals surface area (Å²) in [5.41, 5.74) is 1.16. The molecule has 0 saturated heterocycles. The summed E-state index contributed by atoms with van der Waals surface area (Å²) >= 11 is 3.36. The van der Waals surface area contributed by atoms with Crippen molar-refractivity contribution in [3.63, 3.8) is 0 Å². The van der Waals surface area contributed by atoms with E-state index >= 15 is 0 Å². The lowest BCUT2D eigenvalue weighted by molar-refractivity contribution is 0.135. The maximum Gasteiger partial charge on any atom is 0.0540 e. The minimum Gasteiger partial charge on any atom is -0.393 e. The van der Waals surface area contributed by atoms with Crippen LogP contribution < -0.4 is 0 Å². The van der Waals surface area contributed by atoms with Crippen LogP contribution in [0.1, 0.15) is 19.4 Å². The first-order chi connectivity index (χ1) is 6.09. The first-order valence-corrected chi connectivity index (χ1v) is 5.16. The molecule has 13 heavy (non-hydrogen) atoms. The molecule has 1 heterocycles. The van der Waals surface area contributed by atoms with Crippen LogP contribution in [0.3, 0.4) is 0 Å². The smallest absolute Gasteiger partial charge is 0.0540 e. The lowest BCUT2D eigenvalue weighted by atomic mass is 9.98. The Kier molecular flexibility index (Phi) is 3.88. The lowest BCUT2D eigenvalue weighted by Gasteiger charge is -2.13. The van der Waals surface area contributed by atoms with Crippen LogP contribution in [0.5, 0.6) is 0 Å². The maximum atomic E-state index is 9.32. The Hall–Kier alpha value is -0.410. The molecule has 0 saturated carbocycles. The van der Waals surface area contributed by atoms with Gasteiger partial charge < -0.3 is 5.11 Å². The van der Waals surface area contributed by atoms with E-state index in [1.807, 2.05) is 26.1 Å². The van der Waals surface area contributed by atoms with Gasteiger partial charge in [0.1, 0.15) is 0 Å². The SMILES string of the molecule is CC(O)C(C)Cc1cncc(Br)c1. The Bertz CT molecular complexity index is 275. The van der Waals surface area contributed by atoms with Crippen LogP contribution >= 0.6 is 15.9 Å². The predicted molar refractivity (Wildman–Crippen MR) is 56.5 cm³/mol. The molecule has 0 aliphatic heterocycles. The van der Waals surface area contributed by atoms with Gasteiger partial charge in [0.2, 0.25) is 0 Å². The van der Waals surface area contributed by atoms with Crippen molar-refractivity contribution >= 4 is 15.9 Å². The van der Waals surface area contributed by atoms with Gasteiger partial charge in [0.05, 0.1) is 6.10 Å². The third kappa shape index (κ3) is 3.44. The van der Waals surface area contributed by atoms with Crippen molar-refractivity contribution in [2.24, 2.45) is 5.92 Å². The third-order valence-electron chi connectivity index (χ3n) is 2.14. The van der Waals surface area contributed by atoms with Crippen LogP contribution in [0, 0.1) is 5.92 Å². The van der Waals surface area contributed by atoms with Gasteiger partial charge in [-0.2, -0.15) is 0 Å². The molecule has 1 rings (SSSR count). The molecule has 0 fully saturated rings. The normalized spacial score (nSPS) is 15.4. The molecule has 0 spiro atoms. The highest BCUT2D eigenvalue weighted by atomic mass is 79.9. The third-order valence-corrected chi connectivity index (χ3v) is 2.58. The zero-order valence-electron chi connectivity index (χ0n) is 7.87. The van der Waals surface area contributed by atoms with Gasteiger partial charge >= 0.3 is 0 Å². The Morgan fingerprint density at radius 2 is 2.15 bits per heavy atom. The monoisotopic (exact) mass is 243 g/mol. The minimum absolute atomic E-state index is 0.265. The summed E-state index contributed by atoms with van der Waals surface area (Å²) < 4.78 is 0.989. The molecule has 0 amide bonds. The average Bonchev–Trinajstić information content (AvgIpc) is 2.04. The number of aromatic nitrogens is 1. The van der Waals surface area contributed by atoms with E-state index in [9.17, 15) is 5.11 Å². The van der Waals surface area contributed by atoms with E-state index in [1.54, 1.807) is 6.20 Å². The van der Waals surface area contributed by atoms with Crippen LogP contribution in [-0.4, -0.2) is 16.2 Å². The van der Waals surface area contributed by atoms with Crippen molar-refractivity contribution in [2.45, 2.75) is 26.4 Å². The van der Waals surface area contributed by atoms with Crippen LogP contribution in [0.25, 0.3) is 0 Å². The first-order valence-electron chi connectivity index (χ1n) is 4.37. The lowest BCUT2D eigenvalue weighted by Crippen LogP contribution is -2.15. The van der Waals surface area contributed by atoms with E-state index in [2.05, 4.69) is 20.9 Å². The molecule has 2 unspecified atom stereocenters. The molecule has 0 radical (unpaired) electrons. The molecule has 72 valence electrons. The highest BCUT2D eigenvalue weighted by Crippen LogP contribution is 2.15. The number of halogens is 1. The van der Waals surface area contributed by atoms with Gasteiger partial charge in [0, 0.05) is 16.9 Å². The largest absolute Gasteiger partial charge is 0.393 e. The second-order valence-corrected chi connectivity index (χ2v) is 4.35. The van der Waals surface area contributed by atoms with E-state index in [0.717, 1.165) is 16.5 Å². The molecule has 0 aromatic carbocycles. The molecular weight excluding hydrogens is 230 g/mol. The Morgan fingerprint density at radius 3 is 2.69 bits per heavy atom. The fourth-order valence-electron chi connectivity index (χ4n) is 1.11. The zero-order chi connectivity index (χ0) is 9.84. The average molecular weight is 244 g/mol. The molecule has 1 aromatic heterocycles. The second kappa shape index (κ2) is 4.72. The molecule has 2 nitrogen and oxygen atoms in total.